The van der Waals surface area contributed by atoms with Gasteiger partial charge in [-0.25, -0.2) is 9.97 Å². The van der Waals surface area contributed by atoms with E-state index in [1.54, 1.807) is 13.3 Å². The lowest BCUT2D eigenvalue weighted by Gasteiger charge is -2.18. The molecule has 0 aliphatic carbocycles. The summed E-state index contributed by atoms with van der Waals surface area (Å²) < 4.78 is 5.32. The number of nitrogens with one attached hydrogen (secondary N) is 2. The molecule has 1 aliphatic rings. The van der Waals surface area contributed by atoms with Crippen LogP contribution in [0.3, 0.4) is 0 Å². The molecule has 0 saturated carbocycles. The van der Waals surface area contributed by atoms with Crippen molar-refractivity contribution >= 4 is 18.3 Å². The number of halogens is 1. The molecule has 3 rings (SSSR count). The van der Waals surface area contributed by atoms with Gasteiger partial charge >= 0.3 is 0 Å². The SMILES string of the molecule is CO[C@H]1CNC[C@@H]1NC(=O)c1cnc(-c2ccccn2)nc1.Cl. The quantitative estimate of drug-likeness (QED) is 0.854. The fourth-order valence-electron chi connectivity index (χ4n) is 2.37. The molecule has 0 radical (unpaired) electrons. The summed E-state index contributed by atoms with van der Waals surface area (Å²) in [5.41, 5.74) is 1.09. The van der Waals surface area contributed by atoms with Crippen LogP contribution in [-0.4, -0.2) is 53.2 Å². The van der Waals surface area contributed by atoms with Gasteiger partial charge in [0, 0.05) is 38.8 Å². The van der Waals surface area contributed by atoms with Crippen LogP contribution in [0.5, 0.6) is 0 Å². The largest absolute Gasteiger partial charge is 0.378 e. The summed E-state index contributed by atoms with van der Waals surface area (Å²) in [6.45, 7) is 1.42. The number of hydrogen-bond acceptors (Lipinski definition) is 6. The number of ether oxygens (including phenoxy) is 1. The van der Waals surface area contributed by atoms with E-state index in [-0.39, 0.29) is 30.5 Å². The highest BCUT2D eigenvalue weighted by atomic mass is 35.5. The van der Waals surface area contributed by atoms with Crippen molar-refractivity contribution in [1.29, 1.82) is 0 Å². The average molecular weight is 336 g/mol. The molecule has 2 aromatic heterocycles. The van der Waals surface area contributed by atoms with Crippen LogP contribution in [0.2, 0.25) is 0 Å². The summed E-state index contributed by atoms with van der Waals surface area (Å²) >= 11 is 0. The standard InChI is InChI=1S/C15H17N5O2.ClH/c1-22-13-9-16-8-12(13)20-15(21)10-6-18-14(19-7-10)11-4-2-3-5-17-11;/h2-7,12-13,16H,8-9H2,1H3,(H,20,21);1H/t12-,13-;/m0./s1. The van der Waals surface area contributed by atoms with Crippen molar-refractivity contribution in [3.8, 4) is 11.5 Å². The molecule has 3 heterocycles. The zero-order valence-electron chi connectivity index (χ0n) is 12.6. The van der Waals surface area contributed by atoms with E-state index in [0.717, 1.165) is 6.54 Å². The summed E-state index contributed by atoms with van der Waals surface area (Å²) in [7, 11) is 1.64. The summed E-state index contributed by atoms with van der Waals surface area (Å²) in [5, 5.41) is 6.11. The number of methoxy groups -OCH3 is 1. The molecule has 2 atom stereocenters. The highest BCUT2D eigenvalue weighted by molar-refractivity contribution is 5.94. The first kappa shape index (κ1) is 17.3. The Labute approximate surface area is 140 Å². The van der Waals surface area contributed by atoms with Crippen LogP contribution in [0.1, 0.15) is 10.4 Å². The van der Waals surface area contributed by atoms with Crippen LogP contribution in [0.4, 0.5) is 0 Å². The van der Waals surface area contributed by atoms with Gasteiger partial charge in [0.1, 0.15) is 5.69 Å². The summed E-state index contributed by atoms with van der Waals surface area (Å²) in [4.78, 5) is 24.8. The highest BCUT2D eigenvalue weighted by Crippen LogP contribution is 2.10. The minimum Gasteiger partial charge on any atom is -0.378 e. The molecule has 0 spiro atoms. The maximum atomic E-state index is 12.2. The molecule has 8 heteroatoms. The Morgan fingerprint density at radius 2 is 2.04 bits per heavy atom. The summed E-state index contributed by atoms with van der Waals surface area (Å²) in [5.74, 6) is 0.290. The molecule has 1 fully saturated rings. The van der Waals surface area contributed by atoms with Crippen LogP contribution < -0.4 is 10.6 Å². The lowest BCUT2D eigenvalue weighted by Crippen LogP contribution is -2.43. The first-order valence-electron chi connectivity index (χ1n) is 7.06. The van der Waals surface area contributed by atoms with Gasteiger partial charge in [-0.3, -0.25) is 9.78 Å². The molecule has 2 N–H and O–H groups in total. The Morgan fingerprint density at radius 1 is 1.26 bits per heavy atom. The van der Waals surface area contributed by atoms with Gasteiger partial charge < -0.3 is 15.4 Å². The van der Waals surface area contributed by atoms with Gasteiger partial charge in [-0.15, -0.1) is 12.4 Å². The Balaban J connectivity index is 0.00000192. The minimum absolute atomic E-state index is 0. The van der Waals surface area contributed by atoms with Crippen molar-refractivity contribution in [2.24, 2.45) is 0 Å². The van der Waals surface area contributed by atoms with Crippen molar-refractivity contribution in [2.75, 3.05) is 20.2 Å². The number of nitrogens with zero attached hydrogens (tertiary/aromatic N) is 3. The maximum Gasteiger partial charge on any atom is 0.254 e. The van der Waals surface area contributed by atoms with Crippen LogP contribution in [0.25, 0.3) is 11.5 Å². The smallest absolute Gasteiger partial charge is 0.254 e. The van der Waals surface area contributed by atoms with Crippen molar-refractivity contribution in [3.05, 3.63) is 42.4 Å². The zero-order chi connectivity index (χ0) is 15.4. The Hall–Kier alpha value is -2.09. The van der Waals surface area contributed by atoms with Crippen LogP contribution in [0, 0.1) is 0 Å². The van der Waals surface area contributed by atoms with Crippen LogP contribution in [0.15, 0.2) is 36.8 Å². The number of amides is 1. The van der Waals surface area contributed by atoms with Gasteiger partial charge in [0.15, 0.2) is 5.82 Å². The van der Waals surface area contributed by atoms with Gasteiger partial charge in [-0.05, 0) is 12.1 Å². The predicted molar refractivity (Wildman–Crippen MR) is 87.4 cm³/mol. The molecule has 2 aromatic rings. The van der Waals surface area contributed by atoms with Gasteiger partial charge in [-0.2, -0.15) is 0 Å². The van der Waals surface area contributed by atoms with Gasteiger partial charge in [0.05, 0.1) is 17.7 Å². The van der Waals surface area contributed by atoms with Crippen molar-refractivity contribution in [1.82, 2.24) is 25.6 Å². The highest BCUT2D eigenvalue weighted by Gasteiger charge is 2.28. The molecule has 1 amide bonds. The monoisotopic (exact) mass is 335 g/mol. The fraction of sp³-hybridized carbons (Fsp3) is 0.333. The normalized spacial score (nSPS) is 19.9. The first-order chi connectivity index (χ1) is 10.8. The van der Waals surface area contributed by atoms with Gasteiger partial charge in [-0.1, -0.05) is 6.07 Å². The van der Waals surface area contributed by atoms with E-state index in [0.29, 0.717) is 23.6 Å². The molecule has 0 aromatic carbocycles. The molecule has 1 saturated heterocycles. The summed E-state index contributed by atoms with van der Waals surface area (Å²) in [6.07, 6.45) is 4.68. The second kappa shape index (κ2) is 7.96. The second-order valence-electron chi connectivity index (χ2n) is 5.02. The average Bonchev–Trinajstić information content (AvgIpc) is 3.03. The van der Waals surface area contributed by atoms with E-state index in [2.05, 4.69) is 25.6 Å². The lowest BCUT2D eigenvalue weighted by molar-refractivity contribution is 0.0779. The fourth-order valence-corrected chi connectivity index (χ4v) is 2.37. The molecule has 23 heavy (non-hydrogen) atoms. The zero-order valence-corrected chi connectivity index (χ0v) is 13.4. The number of hydrogen-bond donors (Lipinski definition) is 2. The van der Waals surface area contributed by atoms with Crippen molar-refractivity contribution < 1.29 is 9.53 Å². The topological polar surface area (TPSA) is 89.0 Å². The second-order valence-corrected chi connectivity index (χ2v) is 5.02. The van der Waals surface area contributed by atoms with Crippen LogP contribution >= 0.6 is 12.4 Å². The third-order valence-corrected chi connectivity index (χ3v) is 3.59. The van der Waals surface area contributed by atoms with E-state index in [1.807, 2.05) is 18.2 Å². The number of pyridine rings is 1. The van der Waals surface area contributed by atoms with Crippen molar-refractivity contribution in [2.45, 2.75) is 12.1 Å². The van der Waals surface area contributed by atoms with E-state index in [9.17, 15) is 4.79 Å². The molecule has 7 nitrogen and oxygen atoms in total. The Bertz CT molecular complexity index is 638. The van der Waals surface area contributed by atoms with Crippen LogP contribution in [-0.2, 0) is 4.74 Å². The molecule has 0 bridgehead atoms. The van der Waals surface area contributed by atoms with E-state index in [4.69, 9.17) is 4.74 Å². The molecular formula is C15H18ClN5O2. The molecule has 0 unspecified atom stereocenters. The number of carbonyl (C=O) groups is 1. The van der Waals surface area contributed by atoms with Gasteiger partial charge in [0.2, 0.25) is 0 Å². The number of rotatable bonds is 4. The molecular weight excluding hydrogens is 318 g/mol. The Kier molecular flexibility index (Phi) is 5.97. The van der Waals surface area contributed by atoms with Crippen molar-refractivity contribution in [3.63, 3.8) is 0 Å². The maximum absolute atomic E-state index is 12.2. The molecule has 1 aliphatic heterocycles. The minimum atomic E-state index is -0.205. The number of aromatic nitrogens is 3. The Morgan fingerprint density at radius 3 is 2.70 bits per heavy atom. The number of carbonyl (C=O) groups excluding carboxylic acids is 1. The third kappa shape index (κ3) is 4.01. The van der Waals surface area contributed by atoms with E-state index >= 15 is 0 Å². The van der Waals surface area contributed by atoms with E-state index in [1.165, 1.54) is 12.4 Å². The van der Waals surface area contributed by atoms with E-state index < -0.39 is 0 Å². The van der Waals surface area contributed by atoms with Gasteiger partial charge in [0.25, 0.3) is 5.91 Å². The summed E-state index contributed by atoms with van der Waals surface area (Å²) in [6, 6.07) is 5.47. The molecule has 122 valence electrons. The first-order valence-corrected chi connectivity index (χ1v) is 7.06. The third-order valence-electron chi connectivity index (χ3n) is 3.59. The predicted octanol–water partition coefficient (Wildman–Crippen LogP) is 0.677. The lowest BCUT2D eigenvalue weighted by atomic mass is 10.2.